The van der Waals surface area contributed by atoms with Gasteiger partial charge in [0.25, 0.3) is 0 Å². The predicted molar refractivity (Wildman–Crippen MR) is 88.3 cm³/mol. The Labute approximate surface area is 139 Å². The van der Waals surface area contributed by atoms with Gasteiger partial charge in [0, 0.05) is 30.4 Å². The van der Waals surface area contributed by atoms with Gasteiger partial charge in [0.2, 0.25) is 5.91 Å². The van der Waals surface area contributed by atoms with E-state index >= 15 is 0 Å². The van der Waals surface area contributed by atoms with Crippen LogP contribution in [0.5, 0.6) is 0 Å². The third-order valence-corrected chi connectivity index (χ3v) is 4.54. The van der Waals surface area contributed by atoms with Gasteiger partial charge in [-0.25, -0.2) is 4.39 Å². The summed E-state index contributed by atoms with van der Waals surface area (Å²) in [6.45, 7) is 2.25. The van der Waals surface area contributed by atoms with E-state index in [9.17, 15) is 9.18 Å². The van der Waals surface area contributed by atoms with Crippen molar-refractivity contribution >= 4 is 23.2 Å². The first-order chi connectivity index (χ1) is 11.0. The van der Waals surface area contributed by atoms with Gasteiger partial charge in [-0.2, -0.15) is 5.10 Å². The molecule has 1 amide bonds. The van der Waals surface area contributed by atoms with E-state index in [2.05, 4.69) is 5.10 Å². The summed E-state index contributed by atoms with van der Waals surface area (Å²) in [5.41, 5.74) is 2.22. The zero-order valence-electron chi connectivity index (χ0n) is 13.2. The van der Waals surface area contributed by atoms with Crippen LogP contribution in [0.15, 0.2) is 24.4 Å². The first-order valence-corrected chi connectivity index (χ1v) is 8.18. The molecule has 1 unspecified atom stereocenters. The Morgan fingerprint density at radius 3 is 3.00 bits per heavy atom. The maximum atomic E-state index is 14.2. The van der Waals surface area contributed by atoms with Crippen molar-refractivity contribution in [3.05, 3.63) is 46.5 Å². The lowest BCUT2D eigenvalue weighted by Crippen LogP contribution is -2.36. The number of hydrogen-bond acceptors (Lipinski definition) is 2. The number of fused-ring (bicyclic) bond motifs is 1. The van der Waals surface area contributed by atoms with Crippen LogP contribution in [0.25, 0.3) is 0 Å². The lowest BCUT2D eigenvalue weighted by molar-refractivity contribution is -0.120. The standard InChI is InChI=1S/C17H19ClFN3O/c1-3-22(16-8-7-11(18)9-14(16)19)17(23)12-5-4-6-15-13(12)10-21(2)20-15/h7-10,12H,3-6H2,1-2H3. The van der Waals surface area contributed by atoms with Gasteiger partial charge >= 0.3 is 0 Å². The smallest absolute Gasteiger partial charge is 0.234 e. The van der Waals surface area contributed by atoms with Gasteiger partial charge in [0.1, 0.15) is 5.82 Å². The number of rotatable bonds is 3. The number of aryl methyl sites for hydroxylation is 2. The minimum atomic E-state index is -0.477. The number of carbonyl (C=O) groups is 1. The van der Waals surface area contributed by atoms with Crippen LogP contribution in [0.1, 0.15) is 36.9 Å². The van der Waals surface area contributed by atoms with Crippen molar-refractivity contribution in [3.63, 3.8) is 0 Å². The van der Waals surface area contributed by atoms with Crippen LogP contribution in [0.4, 0.5) is 10.1 Å². The number of nitrogens with zero attached hydrogens (tertiary/aromatic N) is 3. The van der Waals surface area contributed by atoms with Gasteiger partial charge in [0.05, 0.1) is 17.3 Å². The first-order valence-electron chi connectivity index (χ1n) is 7.80. The summed E-state index contributed by atoms with van der Waals surface area (Å²) in [5, 5.41) is 4.75. The fourth-order valence-electron chi connectivity index (χ4n) is 3.26. The van der Waals surface area contributed by atoms with E-state index in [1.54, 1.807) is 16.8 Å². The van der Waals surface area contributed by atoms with Crippen molar-refractivity contribution in [2.45, 2.75) is 32.1 Å². The summed E-state index contributed by atoms with van der Waals surface area (Å²) in [6, 6.07) is 4.40. The van der Waals surface area contributed by atoms with Crippen LogP contribution in [0.2, 0.25) is 5.02 Å². The molecule has 4 nitrogen and oxygen atoms in total. The molecular formula is C17H19ClFN3O. The highest BCUT2D eigenvalue weighted by Crippen LogP contribution is 2.34. The van der Waals surface area contributed by atoms with E-state index < -0.39 is 5.82 Å². The number of aromatic nitrogens is 2. The average molecular weight is 336 g/mol. The van der Waals surface area contributed by atoms with E-state index in [4.69, 9.17) is 11.6 Å². The van der Waals surface area contributed by atoms with Gasteiger partial charge in [-0.05, 0) is 44.4 Å². The summed E-state index contributed by atoms with van der Waals surface area (Å²) in [4.78, 5) is 14.5. The van der Waals surface area contributed by atoms with Crippen molar-refractivity contribution in [1.29, 1.82) is 0 Å². The zero-order valence-corrected chi connectivity index (χ0v) is 14.0. The van der Waals surface area contributed by atoms with Crippen LogP contribution in [0, 0.1) is 5.82 Å². The molecule has 1 aliphatic rings. The highest BCUT2D eigenvalue weighted by atomic mass is 35.5. The molecule has 6 heteroatoms. The monoisotopic (exact) mass is 335 g/mol. The third-order valence-electron chi connectivity index (χ3n) is 4.30. The second kappa shape index (κ2) is 6.32. The zero-order chi connectivity index (χ0) is 16.6. The number of amides is 1. The molecule has 0 spiro atoms. The minimum absolute atomic E-state index is 0.0809. The Bertz CT molecular complexity index is 743. The molecular weight excluding hydrogens is 317 g/mol. The van der Waals surface area contributed by atoms with Crippen molar-refractivity contribution in [1.82, 2.24) is 9.78 Å². The molecule has 0 saturated carbocycles. The van der Waals surface area contributed by atoms with E-state index in [0.29, 0.717) is 11.6 Å². The Balaban J connectivity index is 1.95. The largest absolute Gasteiger partial charge is 0.309 e. The van der Waals surface area contributed by atoms with E-state index in [1.807, 2.05) is 20.2 Å². The predicted octanol–water partition coefficient (Wildman–Crippen LogP) is 3.69. The molecule has 1 aromatic carbocycles. The van der Waals surface area contributed by atoms with Crippen molar-refractivity contribution < 1.29 is 9.18 Å². The van der Waals surface area contributed by atoms with E-state index in [-0.39, 0.29) is 17.5 Å². The molecule has 0 N–H and O–H groups in total. The second-order valence-electron chi connectivity index (χ2n) is 5.83. The summed E-state index contributed by atoms with van der Waals surface area (Å²) >= 11 is 5.81. The molecule has 0 bridgehead atoms. The van der Waals surface area contributed by atoms with E-state index in [0.717, 1.165) is 30.5 Å². The van der Waals surface area contributed by atoms with Gasteiger partial charge in [0.15, 0.2) is 0 Å². The molecule has 2 aromatic rings. The average Bonchev–Trinajstić information content (AvgIpc) is 2.89. The maximum Gasteiger partial charge on any atom is 0.234 e. The molecule has 0 radical (unpaired) electrons. The highest BCUT2D eigenvalue weighted by Gasteiger charge is 2.32. The molecule has 0 aliphatic heterocycles. The van der Waals surface area contributed by atoms with Gasteiger partial charge < -0.3 is 4.90 Å². The molecule has 0 saturated heterocycles. The lowest BCUT2D eigenvalue weighted by Gasteiger charge is -2.28. The molecule has 1 aliphatic carbocycles. The molecule has 1 atom stereocenters. The Kier molecular flexibility index (Phi) is 4.39. The topological polar surface area (TPSA) is 38.1 Å². The fourth-order valence-corrected chi connectivity index (χ4v) is 3.42. The normalized spacial score (nSPS) is 17.0. The highest BCUT2D eigenvalue weighted by molar-refractivity contribution is 6.30. The lowest BCUT2D eigenvalue weighted by atomic mass is 9.86. The SMILES string of the molecule is CCN(C(=O)C1CCCc2nn(C)cc21)c1ccc(Cl)cc1F. The Morgan fingerprint density at radius 2 is 2.30 bits per heavy atom. The van der Waals surface area contributed by atoms with Crippen molar-refractivity contribution in [2.24, 2.45) is 7.05 Å². The molecule has 3 rings (SSSR count). The summed E-state index contributed by atoms with van der Waals surface area (Å²) in [7, 11) is 1.86. The molecule has 1 heterocycles. The number of benzene rings is 1. The van der Waals surface area contributed by atoms with E-state index in [1.165, 1.54) is 11.0 Å². The van der Waals surface area contributed by atoms with Crippen LogP contribution in [-0.2, 0) is 18.3 Å². The van der Waals surface area contributed by atoms with Crippen molar-refractivity contribution in [3.8, 4) is 0 Å². The number of carbonyl (C=O) groups excluding carboxylic acids is 1. The second-order valence-corrected chi connectivity index (χ2v) is 6.26. The van der Waals surface area contributed by atoms with Crippen LogP contribution in [0.3, 0.4) is 0 Å². The summed E-state index contributed by atoms with van der Waals surface area (Å²) < 4.78 is 16.0. The number of likely N-dealkylation sites (N-methyl/N-ethyl adjacent to an activating group) is 1. The maximum absolute atomic E-state index is 14.2. The van der Waals surface area contributed by atoms with Gasteiger partial charge in [-0.3, -0.25) is 9.48 Å². The molecule has 23 heavy (non-hydrogen) atoms. The van der Waals surface area contributed by atoms with Crippen molar-refractivity contribution in [2.75, 3.05) is 11.4 Å². The molecule has 1 aromatic heterocycles. The quantitative estimate of drug-likeness (QED) is 0.858. The van der Waals surface area contributed by atoms with Crippen LogP contribution < -0.4 is 4.90 Å². The van der Waals surface area contributed by atoms with Gasteiger partial charge in [-0.15, -0.1) is 0 Å². The Morgan fingerprint density at radius 1 is 1.52 bits per heavy atom. The minimum Gasteiger partial charge on any atom is -0.309 e. The summed E-state index contributed by atoms with van der Waals surface area (Å²) in [6.07, 6.45) is 4.48. The molecule has 122 valence electrons. The van der Waals surface area contributed by atoms with Crippen LogP contribution >= 0.6 is 11.6 Å². The molecule has 0 fully saturated rings. The Hall–Kier alpha value is -1.88. The third kappa shape index (κ3) is 2.98. The number of hydrogen-bond donors (Lipinski definition) is 0. The number of anilines is 1. The van der Waals surface area contributed by atoms with Gasteiger partial charge in [-0.1, -0.05) is 11.6 Å². The summed E-state index contributed by atoms with van der Waals surface area (Å²) in [5.74, 6) is -0.819. The number of halogens is 2. The van der Waals surface area contributed by atoms with Crippen LogP contribution in [-0.4, -0.2) is 22.2 Å². The fraction of sp³-hybridized carbons (Fsp3) is 0.412. The first kappa shape index (κ1) is 16.0.